The van der Waals surface area contributed by atoms with Crippen LogP contribution in [0.15, 0.2) is 0 Å². The minimum atomic E-state index is -0.0374. The minimum Gasteiger partial charge on any atom is -0.462 e. The Morgan fingerprint density at radius 3 is 2.47 bits per heavy atom. The van der Waals surface area contributed by atoms with E-state index in [4.69, 9.17) is 4.74 Å². The highest BCUT2D eigenvalue weighted by Crippen LogP contribution is 2.66. The summed E-state index contributed by atoms with van der Waals surface area (Å²) in [7, 11) is 0. The van der Waals surface area contributed by atoms with Gasteiger partial charge in [0.25, 0.3) is 0 Å². The van der Waals surface area contributed by atoms with Crippen molar-refractivity contribution in [1.82, 2.24) is 0 Å². The van der Waals surface area contributed by atoms with Crippen LogP contribution in [0.3, 0.4) is 0 Å². The second kappa shape index (κ2) is 3.23. The summed E-state index contributed by atoms with van der Waals surface area (Å²) in [6, 6.07) is 0. The first kappa shape index (κ1) is 11.0. The molecule has 2 aliphatic rings. The van der Waals surface area contributed by atoms with Crippen LogP contribution in [0.4, 0.5) is 0 Å². The lowest BCUT2D eigenvalue weighted by Gasteiger charge is -2.38. The highest BCUT2D eigenvalue weighted by atomic mass is 16.5. The Balaban J connectivity index is 2.15. The van der Waals surface area contributed by atoms with Crippen molar-refractivity contribution in [1.29, 1.82) is 0 Å². The monoisotopic (exact) mass is 210 g/mol. The number of carbonyl (C=O) groups excluding carboxylic acids is 1. The van der Waals surface area contributed by atoms with Crippen LogP contribution in [0.1, 0.15) is 53.4 Å². The van der Waals surface area contributed by atoms with Gasteiger partial charge < -0.3 is 4.74 Å². The van der Waals surface area contributed by atoms with Crippen molar-refractivity contribution in [3.05, 3.63) is 0 Å². The molecular weight excluding hydrogens is 188 g/mol. The normalized spacial score (nSPS) is 41.9. The molecule has 2 rings (SSSR count). The number of rotatable bonds is 2. The second-order valence-electron chi connectivity index (χ2n) is 5.94. The lowest BCUT2D eigenvalue weighted by atomic mass is 9.70. The standard InChI is InChI=1S/C13H22O2/c1-5-11(14)15-10-8-9-6-7-13(10,4)12(9,2)3/h9-10H,5-8H2,1-4H3/t9-,10+,13+/m1/s1. The maximum Gasteiger partial charge on any atom is 0.305 e. The lowest BCUT2D eigenvalue weighted by molar-refractivity contribution is -0.156. The summed E-state index contributed by atoms with van der Waals surface area (Å²) in [4.78, 5) is 11.4. The molecule has 2 heteroatoms. The van der Waals surface area contributed by atoms with E-state index in [9.17, 15) is 4.79 Å². The number of ether oxygens (including phenoxy) is 1. The van der Waals surface area contributed by atoms with Gasteiger partial charge in [-0.3, -0.25) is 4.79 Å². The smallest absolute Gasteiger partial charge is 0.305 e. The topological polar surface area (TPSA) is 26.3 Å². The predicted molar refractivity (Wildman–Crippen MR) is 59.4 cm³/mol. The van der Waals surface area contributed by atoms with Gasteiger partial charge in [-0.15, -0.1) is 0 Å². The highest BCUT2D eigenvalue weighted by Gasteiger charge is 2.62. The molecule has 2 fully saturated rings. The van der Waals surface area contributed by atoms with Gasteiger partial charge in [-0.1, -0.05) is 27.7 Å². The van der Waals surface area contributed by atoms with Crippen molar-refractivity contribution in [2.24, 2.45) is 16.7 Å². The van der Waals surface area contributed by atoms with E-state index in [0.29, 0.717) is 11.8 Å². The largest absolute Gasteiger partial charge is 0.462 e. The molecule has 2 bridgehead atoms. The average molecular weight is 210 g/mol. The third kappa shape index (κ3) is 1.33. The second-order valence-corrected chi connectivity index (χ2v) is 5.94. The van der Waals surface area contributed by atoms with Gasteiger partial charge >= 0.3 is 5.97 Å². The maximum atomic E-state index is 11.4. The molecule has 86 valence electrons. The Hall–Kier alpha value is -0.530. The predicted octanol–water partition coefficient (Wildman–Crippen LogP) is 3.15. The summed E-state index contributed by atoms with van der Waals surface area (Å²) >= 11 is 0. The molecule has 0 heterocycles. The SMILES string of the molecule is CCC(=O)O[C@H]1C[C@H]2CC[C@]1(C)C2(C)C. The van der Waals surface area contributed by atoms with Crippen LogP contribution in [0.2, 0.25) is 0 Å². The summed E-state index contributed by atoms with van der Waals surface area (Å²) in [5.41, 5.74) is 0.550. The lowest BCUT2D eigenvalue weighted by Crippen LogP contribution is -2.38. The fraction of sp³-hybridized carbons (Fsp3) is 0.923. The Bertz CT molecular complexity index is 282. The van der Waals surface area contributed by atoms with Crippen LogP contribution < -0.4 is 0 Å². The molecule has 15 heavy (non-hydrogen) atoms. The van der Waals surface area contributed by atoms with Gasteiger partial charge in [-0.05, 0) is 30.6 Å². The van der Waals surface area contributed by atoms with Gasteiger partial charge in [0.2, 0.25) is 0 Å². The van der Waals surface area contributed by atoms with E-state index < -0.39 is 0 Å². The maximum absolute atomic E-state index is 11.4. The Kier molecular flexibility index (Phi) is 2.36. The zero-order chi connectivity index (χ0) is 11.3. The van der Waals surface area contributed by atoms with Crippen LogP contribution in [-0.2, 0) is 9.53 Å². The van der Waals surface area contributed by atoms with E-state index >= 15 is 0 Å². The molecule has 0 unspecified atom stereocenters. The molecule has 0 aromatic rings. The van der Waals surface area contributed by atoms with Crippen LogP contribution >= 0.6 is 0 Å². The molecule has 0 radical (unpaired) electrons. The number of hydrogen-bond donors (Lipinski definition) is 0. The first-order valence-electron chi connectivity index (χ1n) is 6.11. The molecule has 0 aromatic heterocycles. The van der Waals surface area contributed by atoms with Crippen LogP contribution in [0, 0.1) is 16.7 Å². The third-order valence-corrected chi connectivity index (χ3v) is 5.28. The van der Waals surface area contributed by atoms with Crippen molar-refractivity contribution >= 4 is 5.97 Å². The first-order valence-corrected chi connectivity index (χ1v) is 6.11. The van der Waals surface area contributed by atoms with Gasteiger partial charge in [-0.25, -0.2) is 0 Å². The van der Waals surface area contributed by atoms with Crippen molar-refractivity contribution in [2.75, 3.05) is 0 Å². The summed E-state index contributed by atoms with van der Waals surface area (Å²) in [5, 5.41) is 0. The van der Waals surface area contributed by atoms with E-state index in [1.165, 1.54) is 12.8 Å². The Labute approximate surface area is 92.4 Å². The van der Waals surface area contributed by atoms with Gasteiger partial charge in [-0.2, -0.15) is 0 Å². The molecule has 0 saturated heterocycles. The van der Waals surface area contributed by atoms with Crippen LogP contribution in [-0.4, -0.2) is 12.1 Å². The molecule has 2 saturated carbocycles. The van der Waals surface area contributed by atoms with E-state index in [1.54, 1.807) is 0 Å². The molecule has 0 amide bonds. The molecular formula is C13H22O2. The van der Waals surface area contributed by atoms with Gasteiger partial charge in [0.15, 0.2) is 0 Å². The average Bonchev–Trinajstić information content (AvgIpc) is 2.50. The van der Waals surface area contributed by atoms with Crippen molar-refractivity contribution in [2.45, 2.75) is 59.5 Å². The summed E-state index contributed by atoms with van der Waals surface area (Å²) in [6.07, 6.45) is 4.27. The van der Waals surface area contributed by atoms with Crippen molar-refractivity contribution in [3.63, 3.8) is 0 Å². The van der Waals surface area contributed by atoms with E-state index in [1.807, 2.05) is 6.92 Å². The number of fused-ring (bicyclic) bond motifs is 2. The Morgan fingerprint density at radius 1 is 1.40 bits per heavy atom. The van der Waals surface area contributed by atoms with Gasteiger partial charge in [0, 0.05) is 11.8 Å². The molecule has 2 aliphatic carbocycles. The third-order valence-electron chi connectivity index (χ3n) is 5.28. The minimum absolute atomic E-state index is 0.0374. The van der Waals surface area contributed by atoms with Gasteiger partial charge in [0.05, 0.1) is 0 Å². The summed E-state index contributed by atoms with van der Waals surface area (Å²) in [5.74, 6) is 0.710. The van der Waals surface area contributed by atoms with E-state index in [0.717, 1.165) is 12.3 Å². The van der Waals surface area contributed by atoms with E-state index in [2.05, 4.69) is 20.8 Å². The number of carbonyl (C=O) groups is 1. The van der Waals surface area contributed by atoms with E-state index in [-0.39, 0.29) is 17.5 Å². The molecule has 3 atom stereocenters. The summed E-state index contributed by atoms with van der Waals surface area (Å²) < 4.78 is 5.59. The first-order chi connectivity index (χ1) is 6.91. The highest BCUT2D eigenvalue weighted by molar-refractivity contribution is 5.69. The zero-order valence-electron chi connectivity index (χ0n) is 10.3. The molecule has 0 N–H and O–H groups in total. The number of hydrogen-bond acceptors (Lipinski definition) is 2. The van der Waals surface area contributed by atoms with Crippen LogP contribution in [0.25, 0.3) is 0 Å². The quantitative estimate of drug-likeness (QED) is 0.654. The Morgan fingerprint density at radius 2 is 2.07 bits per heavy atom. The fourth-order valence-electron chi connectivity index (χ4n) is 3.55. The molecule has 2 nitrogen and oxygen atoms in total. The van der Waals surface area contributed by atoms with Crippen molar-refractivity contribution < 1.29 is 9.53 Å². The van der Waals surface area contributed by atoms with Crippen molar-refractivity contribution in [3.8, 4) is 0 Å². The zero-order valence-corrected chi connectivity index (χ0v) is 10.3. The number of esters is 1. The molecule has 0 aliphatic heterocycles. The molecule has 0 aromatic carbocycles. The van der Waals surface area contributed by atoms with Crippen LogP contribution in [0.5, 0.6) is 0 Å². The summed E-state index contributed by atoms with van der Waals surface area (Å²) in [6.45, 7) is 8.84. The molecule has 0 spiro atoms. The van der Waals surface area contributed by atoms with Gasteiger partial charge in [0.1, 0.15) is 6.10 Å². The fourth-order valence-corrected chi connectivity index (χ4v) is 3.55.